The molecule has 0 aliphatic carbocycles. The zero-order valence-corrected chi connectivity index (χ0v) is 34.9. The standard InChI is InChI=1S/C38H32O12S6/c1-15-17-19(41-5-3-39-17)29(51-15)31-21-23(45-9-7-43-21)33(53-31)35-25-27(49-13-11-47-25)37(55-35)38-28-26(48-12-14-50-28)36(56-38)34-24-22(44-8-10-46-24)32(54-34)30-20-18(16(2)52-30)40-4-6-42-20/h21,31H,3-14H2,1-2H3. The summed E-state index contributed by atoms with van der Waals surface area (Å²) in [5.41, 5.74) is 0. The van der Waals surface area contributed by atoms with E-state index in [1.54, 1.807) is 68.4 Å². The van der Waals surface area contributed by atoms with Crippen LogP contribution >= 0.6 is 68.4 Å². The molecule has 5 aromatic heterocycles. The van der Waals surface area contributed by atoms with E-state index in [1.165, 1.54) is 0 Å². The van der Waals surface area contributed by atoms with Crippen molar-refractivity contribution in [2.45, 2.75) is 25.2 Å². The highest BCUT2D eigenvalue weighted by atomic mass is 32.2. The molecule has 7 aliphatic heterocycles. The Morgan fingerprint density at radius 3 is 1.23 bits per heavy atom. The number of thioether (sulfide) groups is 1. The summed E-state index contributed by atoms with van der Waals surface area (Å²) >= 11 is 9.91. The number of hydrogen-bond acceptors (Lipinski definition) is 18. The first-order valence-electron chi connectivity index (χ1n) is 18.3. The van der Waals surface area contributed by atoms with Gasteiger partial charge in [-0.05, 0) is 13.8 Å². The van der Waals surface area contributed by atoms with Crippen LogP contribution in [0, 0.1) is 13.8 Å². The summed E-state index contributed by atoms with van der Waals surface area (Å²) in [6, 6.07) is 0. The molecule has 0 spiro atoms. The van der Waals surface area contributed by atoms with E-state index in [0.717, 1.165) is 82.4 Å². The molecule has 0 aromatic carbocycles. The van der Waals surface area contributed by atoms with Crippen LogP contribution in [0.3, 0.4) is 0 Å². The number of hydrogen-bond donors (Lipinski definition) is 0. The fourth-order valence-corrected chi connectivity index (χ4v) is 15.6. The van der Waals surface area contributed by atoms with Gasteiger partial charge in [-0.2, -0.15) is 0 Å². The minimum atomic E-state index is -0.281. The molecule has 5 aromatic rings. The lowest BCUT2D eigenvalue weighted by Crippen LogP contribution is -2.28. The predicted octanol–water partition coefficient (Wildman–Crippen LogP) is 9.04. The van der Waals surface area contributed by atoms with Crippen LogP contribution in [0.1, 0.15) is 24.8 Å². The Balaban J connectivity index is 0.988. The molecule has 0 bridgehead atoms. The smallest absolute Gasteiger partial charge is 0.181 e. The van der Waals surface area contributed by atoms with Gasteiger partial charge in [0, 0.05) is 9.75 Å². The molecular formula is C38H32O12S6. The fraction of sp³-hybridized carbons (Fsp3) is 0.421. The third-order valence-electron chi connectivity index (χ3n) is 10.1. The van der Waals surface area contributed by atoms with Gasteiger partial charge in [-0.1, -0.05) is 0 Å². The quantitative estimate of drug-likeness (QED) is 0.168. The molecule has 292 valence electrons. The minimum Gasteiger partial charge on any atom is -0.491 e. The summed E-state index contributed by atoms with van der Waals surface area (Å²) in [7, 11) is 0. The van der Waals surface area contributed by atoms with Gasteiger partial charge in [-0.3, -0.25) is 0 Å². The number of ether oxygens (including phenoxy) is 12. The van der Waals surface area contributed by atoms with Gasteiger partial charge in [0.05, 0.1) is 55.8 Å². The SMILES string of the molecule is Cc1sc(-c2sc(-c3sc(-c4sc(C5=C6OCCOC6C(c6sc(C)c7c6OCCO7)S5)c5c4OCCO5)c4c3OCCO4)c3c2OCCO3)c2c1OCCO2. The number of thiophene rings is 5. The largest absolute Gasteiger partial charge is 0.491 e. The fourth-order valence-electron chi connectivity index (χ4n) is 7.81. The molecule has 12 heterocycles. The Labute approximate surface area is 344 Å². The van der Waals surface area contributed by atoms with E-state index in [0.29, 0.717) is 114 Å². The van der Waals surface area contributed by atoms with Crippen LogP contribution in [-0.2, 0) is 9.47 Å². The van der Waals surface area contributed by atoms with E-state index in [-0.39, 0.29) is 11.4 Å². The molecule has 12 nitrogen and oxygen atoms in total. The molecular weight excluding hydrogens is 841 g/mol. The first kappa shape index (κ1) is 34.4. The summed E-state index contributed by atoms with van der Waals surface area (Å²) in [4.78, 5) is 10.8. The Morgan fingerprint density at radius 2 is 0.714 bits per heavy atom. The normalized spacial score (nSPS) is 21.5. The summed E-state index contributed by atoms with van der Waals surface area (Å²) in [6.45, 7) is 9.82. The Bertz CT molecular complexity index is 2450. The first-order valence-corrected chi connectivity index (χ1v) is 23.3. The zero-order valence-electron chi connectivity index (χ0n) is 30.0. The highest BCUT2D eigenvalue weighted by molar-refractivity contribution is 8.09. The van der Waals surface area contributed by atoms with Gasteiger partial charge in [-0.15, -0.1) is 68.4 Å². The monoisotopic (exact) mass is 872 g/mol. The molecule has 0 N–H and O–H groups in total. The molecule has 0 radical (unpaired) electrons. The molecule has 0 amide bonds. The highest BCUT2D eigenvalue weighted by Crippen LogP contribution is 2.68. The van der Waals surface area contributed by atoms with Crippen LogP contribution in [0.25, 0.3) is 34.2 Å². The van der Waals surface area contributed by atoms with Crippen LogP contribution in [0.4, 0.5) is 0 Å². The molecule has 1 saturated heterocycles. The number of rotatable bonds is 5. The van der Waals surface area contributed by atoms with Crippen LogP contribution in [0.2, 0.25) is 0 Å². The Morgan fingerprint density at radius 1 is 0.357 bits per heavy atom. The van der Waals surface area contributed by atoms with Gasteiger partial charge in [0.1, 0.15) is 84.5 Å². The average Bonchev–Trinajstić information content (AvgIpc) is 4.10. The Hall–Kier alpha value is -3.65. The van der Waals surface area contributed by atoms with Gasteiger partial charge in [0.25, 0.3) is 0 Å². The van der Waals surface area contributed by atoms with Crippen molar-refractivity contribution in [2.75, 3.05) is 79.3 Å². The van der Waals surface area contributed by atoms with E-state index < -0.39 is 0 Å². The predicted molar refractivity (Wildman–Crippen MR) is 216 cm³/mol. The molecule has 56 heavy (non-hydrogen) atoms. The van der Waals surface area contributed by atoms with E-state index in [9.17, 15) is 0 Å². The van der Waals surface area contributed by atoms with E-state index in [4.69, 9.17) is 56.8 Å². The van der Waals surface area contributed by atoms with Gasteiger partial charge in [-0.25, -0.2) is 0 Å². The van der Waals surface area contributed by atoms with Crippen LogP contribution in [-0.4, -0.2) is 85.4 Å². The first-order chi connectivity index (χ1) is 27.6. The third kappa shape index (κ3) is 5.15. The maximum absolute atomic E-state index is 6.48. The van der Waals surface area contributed by atoms with Crippen LogP contribution in [0.5, 0.6) is 57.5 Å². The lowest BCUT2D eigenvalue weighted by molar-refractivity contribution is -0.0391. The highest BCUT2D eigenvalue weighted by Gasteiger charge is 2.47. The second-order valence-electron chi connectivity index (χ2n) is 13.4. The minimum absolute atomic E-state index is 0.0749. The topological polar surface area (TPSA) is 111 Å². The zero-order chi connectivity index (χ0) is 37.1. The lowest BCUT2D eigenvalue weighted by Gasteiger charge is -2.27. The van der Waals surface area contributed by atoms with Gasteiger partial charge in [0.2, 0.25) is 0 Å². The van der Waals surface area contributed by atoms with Crippen molar-refractivity contribution in [3.63, 3.8) is 0 Å². The van der Waals surface area contributed by atoms with Gasteiger partial charge < -0.3 is 56.8 Å². The van der Waals surface area contributed by atoms with Crippen molar-refractivity contribution in [2.24, 2.45) is 0 Å². The molecule has 2 unspecified atom stereocenters. The second-order valence-corrected chi connectivity index (χ2v) is 20.1. The van der Waals surface area contributed by atoms with Crippen molar-refractivity contribution >= 4 is 73.4 Å². The van der Waals surface area contributed by atoms with Crippen molar-refractivity contribution in [1.82, 2.24) is 0 Å². The lowest BCUT2D eigenvalue weighted by atomic mass is 10.1. The van der Waals surface area contributed by atoms with Crippen molar-refractivity contribution in [3.05, 3.63) is 25.3 Å². The van der Waals surface area contributed by atoms with Crippen molar-refractivity contribution in [3.8, 4) is 86.8 Å². The van der Waals surface area contributed by atoms with Crippen LogP contribution in [0.15, 0.2) is 5.76 Å². The molecule has 7 aliphatic rings. The van der Waals surface area contributed by atoms with E-state index in [1.807, 2.05) is 0 Å². The van der Waals surface area contributed by atoms with E-state index in [2.05, 4.69) is 13.8 Å². The van der Waals surface area contributed by atoms with E-state index >= 15 is 0 Å². The Kier molecular flexibility index (Phi) is 8.27. The molecule has 1 fully saturated rings. The molecule has 0 saturated carbocycles. The van der Waals surface area contributed by atoms with Gasteiger partial charge in [0.15, 0.2) is 57.5 Å². The molecule has 18 heteroatoms. The summed E-state index contributed by atoms with van der Waals surface area (Å²) in [5, 5.41) is -0.0749. The summed E-state index contributed by atoms with van der Waals surface area (Å²) < 4.78 is 76.0. The summed E-state index contributed by atoms with van der Waals surface area (Å²) in [6.07, 6.45) is -0.281. The number of fused-ring (bicyclic) bond motifs is 6. The summed E-state index contributed by atoms with van der Waals surface area (Å²) in [5.74, 6) is 8.22. The molecule has 12 rings (SSSR count). The van der Waals surface area contributed by atoms with Crippen LogP contribution < -0.4 is 47.4 Å². The maximum Gasteiger partial charge on any atom is 0.181 e. The molecule has 2 atom stereocenters. The maximum atomic E-state index is 6.48. The third-order valence-corrected chi connectivity index (χ3v) is 17.9. The average molecular weight is 873 g/mol. The number of aryl methyl sites for hydroxylation is 2. The van der Waals surface area contributed by atoms with Gasteiger partial charge >= 0.3 is 0 Å². The second kappa shape index (κ2) is 13.5. The van der Waals surface area contributed by atoms with Crippen molar-refractivity contribution in [1.29, 1.82) is 0 Å². The van der Waals surface area contributed by atoms with Crippen molar-refractivity contribution < 1.29 is 56.8 Å².